The van der Waals surface area contributed by atoms with Crippen LogP contribution in [0.25, 0.3) is 10.9 Å². The average Bonchev–Trinajstić information content (AvgIpc) is 3.42. The molecule has 1 saturated carbocycles. The van der Waals surface area contributed by atoms with Crippen molar-refractivity contribution in [2.75, 3.05) is 18.9 Å². The largest absolute Gasteiger partial charge is 0.373 e. The maximum Gasteiger partial charge on any atom is 0.129 e. The smallest absolute Gasteiger partial charge is 0.129 e. The maximum absolute atomic E-state index is 12.2. The van der Waals surface area contributed by atoms with Crippen LogP contribution in [0, 0.1) is 18.7 Å². The molecule has 6 rings (SSSR count). The van der Waals surface area contributed by atoms with E-state index in [1.54, 1.807) is 6.07 Å². The highest BCUT2D eigenvalue weighted by Crippen LogP contribution is 2.44. The lowest BCUT2D eigenvalue weighted by atomic mass is 9.78. The summed E-state index contributed by atoms with van der Waals surface area (Å²) in [5.41, 5.74) is 10.0. The van der Waals surface area contributed by atoms with Crippen molar-refractivity contribution in [3.8, 4) is 0 Å². The molecule has 1 fully saturated rings. The van der Waals surface area contributed by atoms with E-state index in [9.17, 15) is 4.39 Å². The Bertz CT molecular complexity index is 1530. The van der Waals surface area contributed by atoms with Crippen LogP contribution in [-0.2, 0) is 24.8 Å². The number of nitrogens with one attached hydrogen (secondary N) is 2. The minimum absolute atomic E-state index is 0.162. The Morgan fingerprint density at radius 1 is 1.00 bits per heavy atom. The molecule has 2 aliphatic rings. The molecule has 4 nitrogen and oxygen atoms in total. The first kappa shape index (κ1) is 35.4. The van der Waals surface area contributed by atoms with Gasteiger partial charge in [0.15, 0.2) is 0 Å². The van der Waals surface area contributed by atoms with Gasteiger partial charge in [-0.15, -0.1) is 18.9 Å². The number of aryl methyl sites for hydroxylation is 1. The number of hydrogen-bond acceptors (Lipinski definition) is 4. The standard InChI is InChI=1S/C24H26N4.C7H7F.C7H14.C2H4/c1-4-8-24(21-7-6-9-27-23(21)25-3)13-19-11-18-10-17(15-26-5-2)16-28-22(18)12-20(19)14-24;1-6-3-2-4-7(8)5-6;1-7-5-3-2-4-6-7;1-2/h6-12,16,26H,1,5,13-15H2,2-3H3,(H,25,27);2-5H,1H3;7H,2-6H2,1H3;1-2H2. The molecule has 4 aromatic rings. The second kappa shape index (κ2) is 18.0. The molecule has 0 amide bonds. The summed E-state index contributed by atoms with van der Waals surface area (Å²) in [6.45, 7) is 18.0. The molecule has 238 valence electrons. The zero-order valence-corrected chi connectivity index (χ0v) is 27.8. The van der Waals surface area contributed by atoms with Crippen molar-refractivity contribution < 1.29 is 4.39 Å². The number of aromatic nitrogens is 2. The number of halogens is 1. The van der Waals surface area contributed by atoms with E-state index in [4.69, 9.17) is 4.98 Å². The van der Waals surface area contributed by atoms with Gasteiger partial charge >= 0.3 is 0 Å². The summed E-state index contributed by atoms with van der Waals surface area (Å²) in [7, 11) is 1.92. The first-order valence-electron chi connectivity index (χ1n) is 16.2. The van der Waals surface area contributed by atoms with Gasteiger partial charge in [0.2, 0.25) is 0 Å². The third kappa shape index (κ3) is 9.97. The van der Waals surface area contributed by atoms with Gasteiger partial charge in [-0.1, -0.05) is 70.7 Å². The van der Waals surface area contributed by atoms with Crippen LogP contribution in [0.15, 0.2) is 98.5 Å². The number of rotatable bonds is 6. The minimum Gasteiger partial charge on any atom is -0.373 e. The normalized spacial score (nSPS) is 16.8. The van der Waals surface area contributed by atoms with E-state index in [0.29, 0.717) is 0 Å². The summed E-state index contributed by atoms with van der Waals surface area (Å²) in [6.07, 6.45) is 15.2. The summed E-state index contributed by atoms with van der Waals surface area (Å²) < 4.78 is 12.2. The van der Waals surface area contributed by atoms with E-state index < -0.39 is 0 Å². The molecule has 2 aromatic carbocycles. The molecule has 1 atom stereocenters. The maximum atomic E-state index is 12.2. The Kier molecular flexibility index (Phi) is 14.2. The van der Waals surface area contributed by atoms with Gasteiger partial charge in [-0.25, -0.2) is 9.37 Å². The highest BCUT2D eigenvalue weighted by atomic mass is 19.1. The van der Waals surface area contributed by atoms with Crippen LogP contribution >= 0.6 is 0 Å². The van der Waals surface area contributed by atoms with Gasteiger partial charge in [0.25, 0.3) is 0 Å². The number of anilines is 1. The molecule has 2 heterocycles. The number of allylic oxidation sites excluding steroid dienone is 1. The van der Waals surface area contributed by atoms with Crippen molar-refractivity contribution in [1.29, 1.82) is 0 Å². The number of pyridine rings is 2. The van der Waals surface area contributed by atoms with Gasteiger partial charge < -0.3 is 10.6 Å². The van der Waals surface area contributed by atoms with Crippen LogP contribution in [-0.4, -0.2) is 23.6 Å². The summed E-state index contributed by atoms with van der Waals surface area (Å²) in [5, 5.41) is 7.82. The first-order valence-corrected chi connectivity index (χ1v) is 16.2. The molecule has 0 aliphatic heterocycles. The zero-order valence-electron chi connectivity index (χ0n) is 27.8. The third-order valence-electron chi connectivity index (χ3n) is 8.48. The molecule has 2 aromatic heterocycles. The summed E-state index contributed by atoms with van der Waals surface area (Å²) in [6, 6.07) is 17.5. The monoisotopic (exact) mass is 606 g/mol. The van der Waals surface area contributed by atoms with Crippen LogP contribution in [0.4, 0.5) is 10.2 Å². The molecule has 5 heteroatoms. The Hall–Kier alpha value is -4.05. The second-order valence-corrected chi connectivity index (χ2v) is 12.0. The molecular formula is C40H51FN4. The molecule has 1 unspecified atom stereocenters. The van der Waals surface area contributed by atoms with Crippen LogP contribution in [0.5, 0.6) is 0 Å². The van der Waals surface area contributed by atoms with Crippen molar-refractivity contribution in [1.82, 2.24) is 15.3 Å². The molecule has 0 saturated heterocycles. The van der Waals surface area contributed by atoms with Crippen LogP contribution in [0.2, 0.25) is 0 Å². The highest BCUT2D eigenvalue weighted by molar-refractivity contribution is 5.81. The molecule has 2 N–H and O–H groups in total. The van der Waals surface area contributed by atoms with Crippen LogP contribution in [0.3, 0.4) is 0 Å². The van der Waals surface area contributed by atoms with Gasteiger partial charge in [0.1, 0.15) is 11.6 Å². The Balaban J connectivity index is 0.000000264. The van der Waals surface area contributed by atoms with Gasteiger partial charge in [-0.3, -0.25) is 4.98 Å². The predicted molar refractivity (Wildman–Crippen MR) is 190 cm³/mol. The molecular weight excluding hydrogens is 555 g/mol. The molecule has 45 heavy (non-hydrogen) atoms. The number of fused-ring (bicyclic) bond motifs is 2. The van der Waals surface area contributed by atoms with E-state index in [1.165, 1.54) is 71.9 Å². The van der Waals surface area contributed by atoms with E-state index in [0.717, 1.165) is 48.7 Å². The summed E-state index contributed by atoms with van der Waals surface area (Å²) in [5.74, 6) is 1.79. The topological polar surface area (TPSA) is 49.8 Å². The lowest BCUT2D eigenvalue weighted by Gasteiger charge is -2.26. The van der Waals surface area contributed by atoms with Crippen molar-refractivity contribution in [3.05, 3.63) is 132 Å². The summed E-state index contributed by atoms with van der Waals surface area (Å²) >= 11 is 0. The number of hydrogen-bond donors (Lipinski definition) is 2. The van der Waals surface area contributed by atoms with Crippen molar-refractivity contribution >= 4 is 16.7 Å². The zero-order chi connectivity index (χ0) is 32.7. The molecule has 2 aliphatic carbocycles. The molecule has 0 bridgehead atoms. The van der Waals surface area contributed by atoms with Gasteiger partial charge in [0, 0.05) is 42.4 Å². The lowest BCUT2D eigenvalue weighted by molar-refractivity contribution is 0.385. The first-order chi connectivity index (χ1) is 21.9. The fraction of sp³-hybridized carbons (Fsp3) is 0.375. The van der Waals surface area contributed by atoms with Crippen molar-refractivity contribution in [2.24, 2.45) is 5.92 Å². The fourth-order valence-electron chi connectivity index (χ4n) is 6.23. The van der Waals surface area contributed by atoms with Gasteiger partial charge in [0.05, 0.1) is 5.52 Å². The minimum atomic E-state index is -0.180. The van der Waals surface area contributed by atoms with Crippen LogP contribution in [0.1, 0.15) is 73.8 Å². The van der Waals surface area contributed by atoms with Gasteiger partial charge in [-0.2, -0.15) is 0 Å². The highest BCUT2D eigenvalue weighted by Gasteiger charge is 2.39. The average molecular weight is 607 g/mol. The number of nitrogens with zero attached hydrogens (tertiary/aromatic N) is 2. The van der Waals surface area contributed by atoms with Crippen molar-refractivity contribution in [2.45, 2.75) is 77.7 Å². The van der Waals surface area contributed by atoms with E-state index in [1.807, 2.05) is 38.5 Å². The Morgan fingerprint density at radius 2 is 1.73 bits per heavy atom. The van der Waals surface area contributed by atoms with Crippen molar-refractivity contribution in [3.63, 3.8) is 0 Å². The van der Waals surface area contributed by atoms with E-state index in [-0.39, 0.29) is 11.2 Å². The summed E-state index contributed by atoms with van der Waals surface area (Å²) in [4.78, 5) is 9.24. The van der Waals surface area contributed by atoms with E-state index in [2.05, 4.69) is 85.3 Å². The Morgan fingerprint density at radius 3 is 2.31 bits per heavy atom. The van der Waals surface area contributed by atoms with Gasteiger partial charge in [-0.05, 0) is 97.0 Å². The molecule has 0 radical (unpaired) electrons. The molecule has 0 spiro atoms. The Labute approximate surface area is 270 Å². The second-order valence-electron chi connectivity index (χ2n) is 12.0. The third-order valence-corrected chi connectivity index (χ3v) is 8.48. The SMILES string of the molecule is C=C.C=C=CC1(c2cccnc2NC)Cc2cc3cc(CNCC)cnc3cc2C1.CC1CCCCC1.Cc1cccc(F)c1. The number of benzene rings is 2. The quantitative estimate of drug-likeness (QED) is 0.169. The predicted octanol–water partition coefficient (Wildman–Crippen LogP) is 9.68. The van der Waals surface area contributed by atoms with E-state index >= 15 is 0 Å². The lowest BCUT2D eigenvalue weighted by Crippen LogP contribution is -2.25. The fourth-order valence-corrected chi connectivity index (χ4v) is 6.23. The van der Waals surface area contributed by atoms with Crippen LogP contribution < -0.4 is 10.6 Å².